The number of aromatic nitrogens is 6. The van der Waals surface area contributed by atoms with Crippen molar-refractivity contribution in [2.75, 3.05) is 14.2 Å². The molecule has 0 amide bonds. The summed E-state index contributed by atoms with van der Waals surface area (Å²) in [6, 6.07) is 18.1. The molecule has 0 saturated carbocycles. The number of hydrogen-bond donors (Lipinski definition) is 6. The molecule has 30 heteroatoms. The first-order valence-corrected chi connectivity index (χ1v) is 23.1. The second-order valence-electron chi connectivity index (χ2n) is 14.1. The largest absolute Gasteiger partial charge is 1.00 e. The number of halogens is 2. The number of benzene rings is 5. The van der Waals surface area contributed by atoms with Crippen molar-refractivity contribution in [1.82, 2.24) is 29.9 Å². The molecule has 0 aliphatic heterocycles. The number of aromatic amines is 4. The minimum absolute atomic E-state index is 0. The maximum atomic E-state index is 12.4. The number of ether oxygens (including phenoxy) is 2. The van der Waals surface area contributed by atoms with Crippen LogP contribution in [0.25, 0.3) is 10.8 Å². The molecule has 7 aromatic rings. The third kappa shape index (κ3) is 14.2. The monoisotopic (exact) mass is 1060 g/mol. The smallest absolute Gasteiger partial charge is 0.862 e. The quantitative estimate of drug-likeness (QED) is 0.0289. The van der Waals surface area contributed by atoms with Crippen LogP contribution in [0.3, 0.4) is 0 Å². The van der Waals surface area contributed by atoms with E-state index in [1.54, 1.807) is 37.3 Å². The summed E-state index contributed by atoms with van der Waals surface area (Å²) in [6.45, 7) is 4.28. The first-order valence-electron chi connectivity index (χ1n) is 19.5. The number of rotatable bonds is 12. The number of aliphatic imine (C=N–C) groups is 2. The Labute approximate surface area is 456 Å². The molecule has 24 nitrogen and oxygen atoms in total. The number of para-hydroxylation sites is 1. The second-order valence-corrected chi connectivity index (χ2v) is 17.6. The number of methoxy groups -OCH3 is 2. The van der Waals surface area contributed by atoms with Crippen molar-refractivity contribution in [2.45, 2.75) is 30.6 Å². The molecule has 6 N–H and O–H groups in total. The predicted octanol–water partition coefficient (Wildman–Crippen LogP) is -0.759. The minimum atomic E-state index is -4.96. The van der Waals surface area contributed by atoms with Gasteiger partial charge in [0.2, 0.25) is 33.0 Å². The van der Waals surface area contributed by atoms with Crippen molar-refractivity contribution >= 4 is 112 Å². The summed E-state index contributed by atoms with van der Waals surface area (Å²) >= 11 is 12.8. The van der Waals surface area contributed by atoms with E-state index in [0.717, 1.165) is 18.2 Å². The second kappa shape index (κ2) is 23.6. The van der Waals surface area contributed by atoms with Gasteiger partial charge in [-0.05, 0) is 110 Å². The number of nitrogens with zero attached hydrogens (tertiary/aromatic N) is 10. The normalized spacial score (nSPS) is 13.4. The molecule has 0 unspecified atom stereocenters. The summed E-state index contributed by atoms with van der Waals surface area (Å²) in [4.78, 5) is 45.0. The molecular formula is C41H34Cl2N14Na2O10S2. The molecule has 356 valence electrons. The van der Waals surface area contributed by atoms with E-state index in [0.29, 0.717) is 34.1 Å². The first-order chi connectivity index (χ1) is 32.7. The molecule has 0 spiro atoms. The molecule has 2 heterocycles. The SMILES string of the molecule is COc1ccc(N=C(C)[O-])cc1N=c1nc(Cl)[nH]c(=Nc2c(C)cccc2N=c2nc(Cl)[nH]c(=Nc3cc(N=C(C)[O-])c(N=Nc4cc(S(=O)(=O)O)c5cccc(S(=O)(=O)O)c5c4)cc3OC)[nH]2)[nH]1.[Na+].[Na+]. The van der Waals surface area contributed by atoms with Gasteiger partial charge in [-0.1, -0.05) is 24.3 Å². The fraction of sp³-hybridized carbons (Fsp3) is 0.122. The molecule has 2 aromatic heterocycles. The third-order valence-corrected chi connectivity index (χ3v) is 11.3. The van der Waals surface area contributed by atoms with Crippen LogP contribution in [0.1, 0.15) is 19.4 Å². The maximum absolute atomic E-state index is 12.4. The van der Waals surface area contributed by atoms with Gasteiger partial charge in [0.1, 0.15) is 38.4 Å². The van der Waals surface area contributed by atoms with Gasteiger partial charge in [0, 0.05) is 16.8 Å². The van der Waals surface area contributed by atoms with Crippen LogP contribution < -0.4 is 101 Å². The number of H-pyrrole nitrogens is 4. The topological polar surface area (TPSA) is 361 Å². The van der Waals surface area contributed by atoms with Gasteiger partial charge >= 0.3 is 59.1 Å². The zero-order chi connectivity index (χ0) is 49.8. The molecule has 5 aromatic carbocycles. The van der Waals surface area contributed by atoms with E-state index in [-0.39, 0.29) is 131 Å². The fourth-order valence-corrected chi connectivity index (χ4v) is 8.16. The van der Waals surface area contributed by atoms with Crippen LogP contribution in [0.5, 0.6) is 11.5 Å². The van der Waals surface area contributed by atoms with Gasteiger partial charge in [0.05, 0.1) is 42.7 Å². The van der Waals surface area contributed by atoms with E-state index in [9.17, 15) is 36.2 Å². The van der Waals surface area contributed by atoms with Gasteiger partial charge in [-0.15, -0.1) is 5.11 Å². The van der Waals surface area contributed by atoms with Crippen molar-refractivity contribution in [3.8, 4) is 11.5 Å². The first kappa shape index (κ1) is 56.0. The van der Waals surface area contributed by atoms with Crippen molar-refractivity contribution in [1.29, 1.82) is 0 Å². The molecule has 0 bridgehead atoms. The Hall–Kier alpha value is -5.88. The van der Waals surface area contributed by atoms with Gasteiger partial charge < -0.3 is 29.7 Å². The van der Waals surface area contributed by atoms with Crippen LogP contribution in [0.4, 0.5) is 45.5 Å². The van der Waals surface area contributed by atoms with E-state index in [1.807, 2.05) is 0 Å². The number of hydrogen-bond acceptors (Lipinski definition) is 18. The number of azo groups is 1. The third-order valence-electron chi connectivity index (χ3n) is 9.17. The Morgan fingerprint density at radius 3 is 1.79 bits per heavy atom. The van der Waals surface area contributed by atoms with Crippen LogP contribution in [0.2, 0.25) is 10.6 Å². The van der Waals surface area contributed by atoms with Gasteiger partial charge in [-0.3, -0.25) is 29.1 Å². The van der Waals surface area contributed by atoms with E-state index in [4.69, 9.17) is 37.7 Å². The fourth-order valence-electron chi connectivity index (χ4n) is 6.40. The number of fused-ring (bicyclic) bond motifs is 1. The Bertz CT molecular complexity index is 3830. The Kier molecular flexibility index (Phi) is 18.6. The maximum Gasteiger partial charge on any atom is 1.00 e. The Balaban J connectivity index is 0.00000469. The van der Waals surface area contributed by atoms with Gasteiger partial charge in [-0.2, -0.15) is 31.9 Å². The number of nitrogens with one attached hydrogen (secondary N) is 4. The minimum Gasteiger partial charge on any atom is -0.862 e. The predicted molar refractivity (Wildman–Crippen MR) is 247 cm³/mol. The molecule has 0 fully saturated rings. The Morgan fingerprint density at radius 1 is 0.592 bits per heavy atom. The summed E-state index contributed by atoms with van der Waals surface area (Å²) in [5.41, 5.74) is 1.67. The van der Waals surface area contributed by atoms with Crippen LogP contribution in [0.15, 0.2) is 129 Å². The van der Waals surface area contributed by atoms with Crippen molar-refractivity contribution in [3.63, 3.8) is 0 Å². The molecule has 71 heavy (non-hydrogen) atoms. The molecular weight excluding hydrogens is 1030 g/mol. The van der Waals surface area contributed by atoms with E-state index < -0.39 is 41.8 Å². The molecule has 7 rings (SSSR count). The molecule has 0 aliphatic carbocycles. The molecule has 0 atom stereocenters. The zero-order valence-electron chi connectivity index (χ0n) is 38.2. The zero-order valence-corrected chi connectivity index (χ0v) is 45.4. The van der Waals surface area contributed by atoms with Crippen LogP contribution in [-0.4, -0.2) is 81.9 Å². The Morgan fingerprint density at radius 2 is 1.18 bits per heavy atom. The van der Waals surface area contributed by atoms with Crippen LogP contribution >= 0.6 is 23.2 Å². The molecule has 0 aliphatic rings. The van der Waals surface area contributed by atoms with Crippen LogP contribution in [0, 0.1) is 6.92 Å². The summed E-state index contributed by atoms with van der Waals surface area (Å²) in [5.74, 6) is -0.640. The molecule has 0 radical (unpaired) electrons. The van der Waals surface area contributed by atoms with Gasteiger partial charge in [0.15, 0.2) is 0 Å². The standard InChI is InChI=1S/C41H36Cl2N14O10S2.2Na/c1-19-8-6-10-26(35(19)49-41-53-37(43)52-39(55-41)47-29-15-22(44-20(2)58)12-13-31(29)66-4)46-38-50-36(42)51-40(54-38)48-30-17-27(45-21(3)59)28(18-32(30)67-5)57-56-23-14-25-24(34(16-23)69(63,64)65)9-7-11-33(25)68(60,61)62;;/h6-18H,1-5H3,(H,44,58)(H,45,59)(H,60,61,62)(H,63,64,65)(H2,46,48,50,51,54)(H2,47,49,52,53,55);;/q;2*+1/p-2. The van der Waals surface area contributed by atoms with Crippen molar-refractivity contribution in [3.05, 3.63) is 117 Å². The summed E-state index contributed by atoms with van der Waals surface area (Å²) in [7, 11) is -7.05. The van der Waals surface area contributed by atoms with E-state index in [1.165, 1.54) is 58.4 Å². The van der Waals surface area contributed by atoms with Crippen molar-refractivity contribution < 1.29 is 105 Å². The average Bonchev–Trinajstić information content (AvgIpc) is 3.25. The van der Waals surface area contributed by atoms with Crippen molar-refractivity contribution in [2.24, 2.45) is 40.2 Å². The van der Waals surface area contributed by atoms with E-state index in [2.05, 4.69) is 65.1 Å². The molecule has 0 saturated heterocycles. The number of aryl methyl sites for hydroxylation is 1. The summed E-state index contributed by atoms with van der Waals surface area (Å²) in [5, 5.41) is 31.4. The van der Waals surface area contributed by atoms with Crippen LogP contribution in [-0.2, 0) is 20.2 Å². The summed E-state index contributed by atoms with van der Waals surface area (Å²) < 4.78 is 79.9. The average molecular weight is 1060 g/mol. The van der Waals surface area contributed by atoms with E-state index >= 15 is 0 Å². The van der Waals surface area contributed by atoms with Gasteiger partial charge in [-0.25, -0.2) is 20.0 Å². The summed E-state index contributed by atoms with van der Waals surface area (Å²) in [6.07, 6.45) is 0. The van der Waals surface area contributed by atoms with Gasteiger partial charge in [0.25, 0.3) is 20.2 Å².